The van der Waals surface area contributed by atoms with Gasteiger partial charge in [0.2, 0.25) is 5.91 Å². The third-order valence-corrected chi connectivity index (χ3v) is 4.49. The molecule has 0 radical (unpaired) electrons. The number of nitrogens with one attached hydrogen (secondary N) is 2. The molecule has 128 valence electrons. The van der Waals surface area contributed by atoms with E-state index in [1.807, 2.05) is 12.1 Å². The molecule has 0 spiro atoms. The van der Waals surface area contributed by atoms with Crippen molar-refractivity contribution < 1.29 is 9.59 Å². The Morgan fingerprint density at radius 3 is 3.12 bits per heavy atom. The van der Waals surface area contributed by atoms with E-state index in [0.29, 0.717) is 24.7 Å². The molecule has 1 unspecified atom stereocenters. The number of piperidine rings is 1. The van der Waals surface area contributed by atoms with E-state index < -0.39 is 0 Å². The van der Waals surface area contributed by atoms with Gasteiger partial charge in [-0.1, -0.05) is 0 Å². The van der Waals surface area contributed by atoms with Crippen LogP contribution in [0.3, 0.4) is 0 Å². The molecule has 0 bridgehead atoms. The fourth-order valence-electron chi connectivity index (χ4n) is 3.33. The molecule has 1 saturated heterocycles. The molecule has 2 aromatic heterocycles. The average molecular weight is 329 g/mol. The lowest BCUT2D eigenvalue weighted by Gasteiger charge is -2.31. The van der Waals surface area contributed by atoms with Gasteiger partial charge in [0, 0.05) is 36.4 Å². The number of hydrogen-bond acceptors (Lipinski definition) is 4. The Kier molecular flexibility index (Phi) is 5.10. The number of amides is 2. The van der Waals surface area contributed by atoms with Crippen molar-refractivity contribution in [2.45, 2.75) is 19.3 Å². The molecular formula is C17H23N5O2. The van der Waals surface area contributed by atoms with E-state index in [1.54, 1.807) is 12.4 Å². The molecule has 24 heavy (non-hydrogen) atoms. The first-order valence-corrected chi connectivity index (χ1v) is 8.33. The Balaban J connectivity index is 1.47. The van der Waals surface area contributed by atoms with Gasteiger partial charge in [-0.2, -0.15) is 0 Å². The maximum Gasteiger partial charge on any atom is 0.267 e. The number of carbonyl (C=O) groups is 2. The van der Waals surface area contributed by atoms with Crippen molar-refractivity contribution in [3.05, 3.63) is 30.2 Å². The van der Waals surface area contributed by atoms with E-state index in [4.69, 9.17) is 5.73 Å². The van der Waals surface area contributed by atoms with Crippen LogP contribution in [0.25, 0.3) is 10.9 Å². The summed E-state index contributed by atoms with van der Waals surface area (Å²) in [7, 11) is 0. The number of rotatable bonds is 6. The maximum absolute atomic E-state index is 12.2. The van der Waals surface area contributed by atoms with Crippen LogP contribution in [-0.4, -0.2) is 52.9 Å². The highest BCUT2D eigenvalue weighted by atomic mass is 16.2. The van der Waals surface area contributed by atoms with Crippen LogP contribution in [0.2, 0.25) is 0 Å². The zero-order chi connectivity index (χ0) is 16.9. The van der Waals surface area contributed by atoms with E-state index in [1.165, 1.54) is 0 Å². The Morgan fingerprint density at radius 1 is 1.46 bits per heavy atom. The first-order valence-electron chi connectivity index (χ1n) is 8.33. The van der Waals surface area contributed by atoms with Crippen molar-refractivity contribution in [3.63, 3.8) is 0 Å². The Bertz CT molecular complexity index is 694. The van der Waals surface area contributed by atoms with Gasteiger partial charge in [-0.25, -0.2) is 0 Å². The van der Waals surface area contributed by atoms with E-state index in [-0.39, 0.29) is 11.8 Å². The van der Waals surface area contributed by atoms with Gasteiger partial charge in [0.15, 0.2) is 0 Å². The number of aromatic amines is 1. The second-order valence-corrected chi connectivity index (χ2v) is 6.40. The lowest BCUT2D eigenvalue weighted by Crippen LogP contribution is -2.41. The van der Waals surface area contributed by atoms with Crippen LogP contribution in [-0.2, 0) is 4.79 Å². The van der Waals surface area contributed by atoms with Gasteiger partial charge in [-0.3, -0.25) is 19.5 Å². The minimum absolute atomic E-state index is 0.101. The highest BCUT2D eigenvalue weighted by molar-refractivity contribution is 5.97. The summed E-state index contributed by atoms with van der Waals surface area (Å²) in [5.74, 6) is 0.110. The first kappa shape index (κ1) is 16.4. The Morgan fingerprint density at radius 2 is 2.33 bits per heavy atom. The molecule has 4 N–H and O–H groups in total. The van der Waals surface area contributed by atoms with Gasteiger partial charge < -0.3 is 16.0 Å². The molecule has 3 rings (SSSR count). The SMILES string of the molecule is NC(=O)CN1CCCC(CCNC(=O)c2cc3cnccc3[nH]2)C1. The number of nitrogens with two attached hydrogens (primary N) is 1. The Hall–Kier alpha value is -2.41. The van der Waals surface area contributed by atoms with Crippen LogP contribution in [0.4, 0.5) is 0 Å². The number of H-pyrrole nitrogens is 1. The van der Waals surface area contributed by atoms with Crippen molar-refractivity contribution in [2.75, 3.05) is 26.2 Å². The molecule has 1 aliphatic heterocycles. The smallest absolute Gasteiger partial charge is 0.267 e. The molecule has 2 aromatic rings. The summed E-state index contributed by atoms with van der Waals surface area (Å²) in [6, 6.07) is 3.66. The number of nitrogens with zero attached hydrogens (tertiary/aromatic N) is 2. The van der Waals surface area contributed by atoms with Gasteiger partial charge in [0.1, 0.15) is 5.69 Å². The third kappa shape index (κ3) is 4.11. The molecule has 7 heteroatoms. The van der Waals surface area contributed by atoms with Crippen LogP contribution in [0, 0.1) is 5.92 Å². The number of aromatic nitrogens is 2. The molecule has 1 fully saturated rings. The molecule has 0 aromatic carbocycles. The predicted molar refractivity (Wildman–Crippen MR) is 91.4 cm³/mol. The summed E-state index contributed by atoms with van der Waals surface area (Å²) in [5, 5.41) is 3.89. The number of pyridine rings is 1. The molecular weight excluding hydrogens is 306 g/mol. The van der Waals surface area contributed by atoms with E-state index >= 15 is 0 Å². The highest BCUT2D eigenvalue weighted by Crippen LogP contribution is 2.19. The molecule has 3 heterocycles. The number of likely N-dealkylation sites (tertiary alicyclic amines) is 1. The van der Waals surface area contributed by atoms with Crippen molar-refractivity contribution >= 4 is 22.7 Å². The maximum atomic E-state index is 12.2. The summed E-state index contributed by atoms with van der Waals surface area (Å²) in [5.41, 5.74) is 6.72. The normalized spacial score (nSPS) is 18.6. The van der Waals surface area contributed by atoms with E-state index in [0.717, 1.165) is 43.3 Å². The summed E-state index contributed by atoms with van der Waals surface area (Å²) in [6.07, 6.45) is 6.53. The second kappa shape index (κ2) is 7.44. The van der Waals surface area contributed by atoms with Crippen LogP contribution >= 0.6 is 0 Å². The van der Waals surface area contributed by atoms with Crippen molar-refractivity contribution in [1.29, 1.82) is 0 Å². The number of fused-ring (bicyclic) bond motifs is 1. The molecule has 0 saturated carbocycles. The zero-order valence-electron chi connectivity index (χ0n) is 13.6. The van der Waals surface area contributed by atoms with Crippen LogP contribution < -0.4 is 11.1 Å². The standard InChI is InChI=1S/C17H23N5O2/c18-16(23)11-22-7-1-2-12(10-22)3-6-20-17(24)15-8-13-9-19-5-4-14(13)21-15/h4-5,8-9,12,21H,1-3,6-7,10-11H2,(H2,18,23)(H,20,24). The lowest BCUT2D eigenvalue weighted by atomic mass is 9.95. The lowest BCUT2D eigenvalue weighted by molar-refractivity contribution is -0.119. The van der Waals surface area contributed by atoms with E-state index in [9.17, 15) is 9.59 Å². The predicted octanol–water partition coefficient (Wildman–Crippen LogP) is 0.880. The van der Waals surface area contributed by atoms with Crippen LogP contribution in [0.5, 0.6) is 0 Å². The minimum Gasteiger partial charge on any atom is -0.369 e. The minimum atomic E-state index is -0.280. The molecule has 1 atom stereocenters. The van der Waals surface area contributed by atoms with Crippen molar-refractivity contribution in [1.82, 2.24) is 20.2 Å². The fourth-order valence-corrected chi connectivity index (χ4v) is 3.33. The fraction of sp³-hybridized carbons (Fsp3) is 0.471. The Labute approximate surface area is 140 Å². The summed E-state index contributed by atoms with van der Waals surface area (Å²) in [6.45, 7) is 2.75. The van der Waals surface area contributed by atoms with Gasteiger partial charge in [-0.15, -0.1) is 0 Å². The van der Waals surface area contributed by atoms with Crippen LogP contribution in [0.15, 0.2) is 24.5 Å². The highest BCUT2D eigenvalue weighted by Gasteiger charge is 2.21. The van der Waals surface area contributed by atoms with Gasteiger partial charge in [-0.05, 0) is 43.9 Å². The quantitative estimate of drug-likeness (QED) is 0.732. The average Bonchev–Trinajstić information content (AvgIpc) is 2.98. The molecule has 1 aliphatic rings. The number of carbonyl (C=O) groups excluding carboxylic acids is 2. The van der Waals surface area contributed by atoms with Crippen LogP contribution in [0.1, 0.15) is 29.8 Å². The second-order valence-electron chi connectivity index (χ2n) is 6.40. The largest absolute Gasteiger partial charge is 0.369 e. The summed E-state index contributed by atoms with van der Waals surface area (Å²) in [4.78, 5) is 32.5. The molecule has 2 amide bonds. The van der Waals surface area contributed by atoms with Crippen molar-refractivity contribution in [2.24, 2.45) is 11.7 Å². The summed E-state index contributed by atoms with van der Waals surface area (Å²) >= 11 is 0. The number of hydrogen-bond donors (Lipinski definition) is 3. The molecule has 7 nitrogen and oxygen atoms in total. The van der Waals surface area contributed by atoms with Crippen molar-refractivity contribution in [3.8, 4) is 0 Å². The zero-order valence-corrected chi connectivity index (χ0v) is 13.6. The monoisotopic (exact) mass is 329 g/mol. The third-order valence-electron chi connectivity index (χ3n) is 4.49. The summed E-state index contributed by atoms with van der Waals surface area (Å²) < 4.78 is 0. The molecule has 0 aliphatic carbocycles. The number of primary amides is 1. The van der Waals surface area contributed by atoms with Gasteiger partial charge in [0.05, 0.1) is 6.54 Å². The topological polar surface area (TPSA) is 104 Å². The van der Waals surface area contributed by atoms with Gasteiger partial charge in [0.25, 0.3) is 5.91 Å². The van der Waals surface area contributed by atoms with Gasteiger partial charge >= 0.3 is 0 Å². The van der Waals surface area contributed by atoms with E-state index in [2.05, 4.69) is 20.2 Å². The first-order chi connectivity index (χ1) is 11.6.